The van der Waals surface area contributed by atoms with E-state index in [1.54, 1.807) is 74.6 Å². The molecule has 0 bridgehead atoms. The fourth-order valence-electron chi connectivity index (χ4n) is 8.80. The minimum absolute atomic E-state index is 0.00887. The highest BCUT2D eigenvalue weighted by Crippen LogP contribution is 2.20. The number of nitrogens with one attached hydrogen (secondary N) is 10. The van der Waals surface area contributed by atoms with E-state index < -0.39 is 138 Å². The van der Waals surface area contributed by atoms with Crippen LogP contribution in [0.5, 0.6) is 5.75 Å². The Morgan fingerprint density at radius 2 is 0.988 bits per heavy atom. The molecule has 4 aromatic rings. The number of para-hydroxylation sites is 1. The number of phenols is 1. The molecule has 0 aliphatic heterocycles. The van der Waals surface area contributed by atoms with E-state index in [-0.39, 0.29) is 61.2 Å². The number of nitrogens with two attached hydrogens (primary N) is 2. The van der Waals surface area contributed by atoms with Gasteiger partial charge in [-0.2, -0.15) is 25.3 Å². The molecule has 0 spiro atoms. The van der Waals surface area contributed by atoms with Crippen molar-refractivity contribution in [1.82, 2.24) is 52.8 Å². The number of primary amides is 1. The molecule has 4 rings (SSSR count). The Kier molecular flexibility index (Phi) is 27.7. The predicted octanol–water partition coefficient (Wildman–Crippen LogP) is -1.48. The molecule has 26 nitrogen and oxygen atoms in total. The molecule has 0 saturated heterocycles. The van der Waals surface area contributed by atoms with Gasteiger partial charge in [0.05, 0.1) is 25.1 Å². The maximum Gasteiger partial charge on any atom is 0.328 e. The summed E-state index contributed by atoms with van der Waals surface area (Å²) in [5.41, 5.74) is 13.7. The second-order valence-corrected chi connectivity index (χ2v) is 22.0. The van der Waals surface area contributed by atoms with Crippen LogP contribution < -0.4 is 59.3 Å². The quantitative estimate of drug-likeness (QED) is 0.0237. The number of amides is 10. The van der Waals surface area contributed by atoms with Crippen molar-refractivity contribution in [3.05, 3.63) is 102 Å². The van der Waals surface area contributed by atoms with E-state index in [4.69, 9.17) is 11.5 Å². The lowest BCUT2D eigenvalue weighted by Crippen LogP contribution is -2.61. The van der Waals surface area contributed by atoms with Crippen molar-refractivity contribution in [3.63, 3.8) is 0 Å². The number of aliphatic hydroxyl groups is 1. The number of aliphatic hydroxyl groups excluding tert-OH is 1. The van der Waals surface area contributed by atoms with Crippen molar-refractivity contribution >= 4 is 101 Å². The normalized spacial score (nSPS) is 14.8. The second kappa shape index (κ2) is 33.9. The third-order valence-electron chi connectivity index (χ3n) is 13.2. The number of carboxylic acids is 1. The number of thiol groups is 2. The number of aromatic amines is 1. The summed E-state index contributed by atoms with van der Waals surface area (Å²) in [6, 6.07) is 8.43. The van der Waals surface area contributed by atoms with Gasteiger partial charge in [-0.1, -0.05) is 88.4 Å². The van der Waals surface area contributed by atoms with E-state index in [0.717, 1.165) is 6.92 Å². The first kappa shape index (κ1) is 69.3. The summed E-state index contributed by atoms with van der Waals surface area (Å²) in [7, 11) is 0. The van der Waals surface area contributed by atoms with E-state index in [1.165, 1.54) is 24.3 Å². The van der Waals surface area contributed by atoms with E-state index in [2.05, 4.69) is 78.1 Å². The average Bonchev–Trinajstić information content (AvgIpc) is 3.64. The number of phenolic OH excluding ortho intramolecular Hbond substituents is 1. The highest BCUT2D eigenvalue weighted by Gasteiger charge is 2.36. The van der Waals surface area contributed by atoms with Crippen LogP contribution in [0.1, 0.15) is 70.6 Å². The van der Waals surface area contributed by atoms with Gasteiger partial charge in [0, 0.05) is 47.9 Å². The van der Waals surface area contributed by atoms with Gasteiger partial charge < -0.3 is 79.6 Å². The molecule has 28 heteroatoms. The van der Waals surface area contributed by atoms with Crippen molar-refractivity contribution < 1.29 is 68.1 Å². The summed E-state index contributed by atoms with van der Waals surface area (Å²) in [6.45, 7) is 7.62. The number of carbonyl (C=O) groups is 11. The number of hydrogen-bond donors (Lipinski definition) is 17. The molecule has 0 aliphatic rings. The molecule has 10 amide bonds. The fraction of sp³-hybridized carbons (Fsp3) is 0.456. The summed E-state index contributed by atoms with van der Waals surface area (Å²) in [5, 5.41) is 52.9. The number of carbonyl (C=O) groups excluding carboxylic acids is 10. The van der Waals surface area contributed by atoms with E-state index in [9.17, 15) is 68.1 Å². The molecule has 3 aromatic carbocycles. The molecule has 1 aromatic heterocycles. The Labute approximate surface area is 502 Å². The molecule has 0 aliphatic carbocycles. The van der Waals surface area contributed by atoms with Crippen molar-refractivity contribution in [1.29, 1.82) is 0 Å². The molecular formula is C57H78N12O14S2. The first-order chi connectivity index (χ1) is 40.2. The Hall–Kier alpha value is -8.21. The zero-order chi connectivity index (χ0) is 63.1. The highest BCUT2D eigenvalue weighted by molar-refractivity contribution is 7.80. The first-order valence-electron chi connectivity index (χ1n) is 27.4. The standard InChI is InChI=1S/C57H78N12O14S2/c1-29(2)19-37(58)49(74)63-43(24-46(59)72)54(79)65-40(21-32-11-7-6-8-12-32)50(75)61-26-47(73)62-44(27-84)55(80)66-41(22-33-15-17-35(71)18-16-33)52(77)64-39(20-30(3)4)51(76)67-42(23-34-25-60-38-14-10-9-13-36(34)38)53(78)68-45(28-85)56(81)69-48(31(5)70)57(82)83/h6-18,25,29-31,37,39-45,48,60,70-71,84-85H,19-24,26-28,58H2,1-5H3,(H2,59,72)(H,61,75)(H,62,73)(H,63,74)(H,64,77)(H,65,79)(H,66,80)(H,67,76)(H,68,78)(H,69,81)(H,82,83)/t31-,37+,39+,40+,41+,42+,43+,44+,45+,48+/m1/s1. The molecule has 17 N–H and O–H groups in total. The van der Waals surface area contributed by atoms with Gasteiger partial charge in [0.1, 0.15) is 48.0 Å². The Morgan fingerprint density at radius 3 is 1.54 bits per heavy atom. The topological polar surface area (TPSA) is 425 Å². The van der Waals surface area contributed by atoms with Crippen LogP contribution in [0.3, 0.4) is 0 Å². The molecule has 1 heterocycles. The summed E-state index contributed by atoms with van der Waals surface area (Å²) < 4.78 is 0. The van der Waals surface area contributed by atoms with E-state index >= 15 is 0 Å². The fourth-order valence-corrected chi connectivity index (χ4v) is 9.32. The average molecular weight is 1220 g/mol. The Balaban J connectivity index is 1.55. The van der Waals surface area contributed by atoms with Crippen LogP contribution in [0, 0.1) is 11.8 Å². The molecule has 0 fully saturated rings. The van der Waals surface area contributed by atoms with Gasteiger partial charge in [0.15, 0.2) is 6.04 Å². The van der Waals surface area contributed by atoms with Crippen LogP contribution in [0.4, 0.5) is 0 Å². The molecular weight excluding hydrogens is 1140 g/mol. The monoisotopic (exact) mass is 1220 g/mol. The summed E-state index contributed by atoms with van der Waals surface area (Å²) >= 11 is 8.47. The van der Waals surface area contributed by atoms with E-state index in [0.29, 0.717) is 27.6 Å². The number of fused-ring (bicyclic) bond motifs is 1. The van der Waals surface area contributed by atoms with Gasteiger partial charge in [0.2, 0.25) is 59.1 Å². The van der Waals surface area contributed by atoms with Gasteiger partial charge in [-0.25, -0.2) is 4.79 Å². The summed E-state index contributed by atoms with van der Waals surface area (Å²) in [4.78, 5) is 151. The van der Waals surface area contributed by atoms with Crippen LogP contribution in [0.25, 0.3) is 10.9 Å². The number of carboxylic acid groups (broad SMARTS) is 1. The third-order valence-corrected chi connectivity index (χ3v) is 13.9. The van der Waals surface area contributed by atoms with Crippen LogP contribution in [0.2, 0.25) is 0 Å². The summed E-state index contributed by atoms with van der Waals surface area (Å²) in [6.07, 6.45) is -0.745. The van der Waals surface area contributed by atoms with Crippen LogP contribution in [-0.4, -0.2) is 164 Å². The van der Waals surface area contributed by atoms with Gasteiger partial charge >= 0.3 is 5.97 Å². The van der Waals surface area contributed by atoms with Crippen molar-refractivity contribution in [2.24, 2.45) is 23.3 Å². The van der Waals surface area contributed by atoms with Crippen molar-refractivity contribution in [3.8, 4) is 5.75 Å². The Bertz CT molecular complexity index is 2970. The molecule has 85 heavy (non-hydrogen) atoms. The minimum atomic E-state index is -1.73. The lowest BCUT2D eigenvalue weighted by Gasteiger charge is -2.28. The lowest BCUT2D eigenvalue weighted by atomic mass is 9.99. The van der Waals surface area contributed by atoms with Crippen LogP contribution >= 0.6 is 25.3 Å². The number of H-pyrrole nitrogens is 1. The number of benzene rings is 3. The maximum absolute atomic E-state index is 14.5. The molecule has 10 atom stereocenters. The smallest absolute Gasteiger partial charge is 0.328 e. The number of hydrogen-bond acceptors (Lipinski definition) is 16. The Morgan fingerprint density at radius 1 is 0.529 bits per heavy atom. The molecule has 0 unspecified atom stereocenters. The SMILES string of the molecule is CC(C)C[C@H](NC(=O)[C@H](Cc1ccc(O)cc1)NC(=O)[C@H](CS)NC(=O)CNC(=O)[C@H](Cc1ccccc1)NC(=O)[C@H](CC(N)=O)NC(=O)[C@@H](N)CC(C)C)C(=O)N[C@@H](Cc1c[nH]c2ccccc12)C(=O)N[C@@H](CS)C(=O)N[C@H](C(=O)O)[C@@H](C)O. The zero-order valence-corrected chi connectivity index (χ0v) is 49.5. The highest BCUT2D eigenvalue weighted by atomic mass is 32.1. The van der Waals surface area contributed by atoms with Gasteiger partial charge in [-0.3, -0.25) is 47.9 Å². The van der Waals surface area contributed by atoms with E-state index in [1.807, 2.05) is 13.8 Å². The van der Waals surface area contributed by atoms with Gasteiger partial charge in [0.25, 0.3) is 0 Å². The first-order valence-corrected chi connectivity index (χ1v) is 28.7. The third kappa shape index (κ3) is 22.7. The van der Waals surface area contributed by atoms with Crippen LogP contribution in [-0.2, 0) is 72.0 Å². The number of aromatic nitrogens is 1. The number of aromatic hydroxyl groups is 1. The van der Waals surface area contributed by atoms with Crippen molar-refractivity contribution in [2.75, 3.05) is 18.1 Å². The van der Waals surface area contributed by atoms with Crippen LogP contribution in [0.15, 0.2) is 85.1 Å². The molecule has 0 radical (unpaired) electrons. The largest absolute Gasteiger partial charge is 0.508 e. The van der Waals surface area contributed by atoms with Gasteiger partial charge in [-0.15, -0.1) is 0 Å². The zero-order valence-electron chi connectivity index (χ0n) is 47.8. The molecule has 0 saturated carbocycles. The van der Waals surface area contributed by atoms with Gasteiger partial charge in [-0.05, 0) is 66.5 Å². The number of aliphatic carboxylic acids is 1. The number of rotatable bonds is 34. The lowest BCUT2D eigenvalue weighted by molar-refractivity contribution is -0.145. The minimum Gasteiger partial charge on any atom is -0.508 e. The second-order valence-electron chi connectivity index (χ2n) is 21.3. The maximum atomic E-state index is 14.5. The van der Waals surface area contributed by atoms with Crippen molar-refractivity contribution in [2.45, 2.75) is 134 Å². The summed E-state index contributed by atoms with van der Waals surface area (Å²) in [5.74, 6) is -11.5. The molecule has 462 valence electrons. The predicted molar refractivity (Wildman–Crippen MR) is 320 cm³/mol.